The monoisotopic (exact) mass is 446 g/mol. The Kier molecular flexibility index (Phi) is 6.51. The van der Waals surface area contributed by atoms with Crippen molar-refractivity contribution in [1.29, 1.82) is 0 Å². The van der Waals surface area contributed by atoms with Crippen molar-refractivity contribution in [1.82, 2.24) is 10.2 Å². The molecule has 0 amide bonds. The summed E-state index contributed by atoms with van der Waals surface area (Å²) in [5, 5.41) is 3.00. The van der Waals surface area contributed by atoms with Crippen LogP contribution in [0.2, 0.25) is 5.02 Å². The Bertz CT molecular complexity index is 1020. The van der Waals surface area contributed by atoms with Gasteiger partial charge in [-0.1, -0.05) is 48.0 Å². The van der Waals surface area contributed by atoms with E-state index in [1.54, 1.807) is 6.07 Å². The Morgan fingerprint density at radius 1 is 0.839 bits per heavy atom. The highest BCUT2D eigenvalue weighted by molar-refractivity contribution is 6.31. The first kappa shape index (κ1) is 21.7. The number of hydrogen-bond acceptors (Lipinski definition) is 3. The van der Waals surface area contributed by atoms with Crippen molar-refractivity contribution in [2.24, 2.45) is 0 Å². The third-order valence-electron chi connectivity index (χ3n) is 5.28. The molecule has 0 spiro atoms. The van der Waals surface area contributed by atoms with Crippen LogP contribution in [0.25, 0.3) is 0 Å². The second kappa shape index (κ2) is 9.30. The van der Waals surface area contributed by atoms with Crippen molar-refractivity contribution in [2.45, 2.75) is 12.2 Å². The normalized spacial score (nSPS) is 16.1. The van der Waals surface area contributed by atoms with Gasteiger partial charge in [-0.3, -0.25) is 4.90 Å². The molecule has 0 saturated carbocycles. The average Bonchev–Trinajstić information content (AvgIpc) is 2.76. The Hall–Kier alpha value is -2.54. The molecule has 0 aliphatic carbocycles. The van der Waals surface area contributed by atoms with Gasteiger partial charge in [0.2, 0.25) is 0 Å². The minimum absolute atomic E-state index is 0.295. The standard InChI is InChI=1S/C24H22ClF3N2O/c25-22-10-9-18(16-21(22)24(26,27)28)23(30-13-11-29-12-14-30)17-5-4-8-20(15-17)31-19-6-2-1-3-7-19/h1-10,15-16,23,29H,11-14H2. The van der Waals surface area contributed by atoms with E-state index in [9.17, 15) is 13.2 Å². The second-order valence-electron chi connectivity index (χ2n) is 7.41. The predicted molar refractivity (Wildman–Crippen MR) is 116 cm³/mol. The van der Waals surface area contributed by atoms with Crippen molar-refractivity contribution in [3.05, 3.63) is 94.5 Å². The maximum atomic E-state index is 13.5. The molecule has 3 aromatic rings. The average molecular weight is 447 g/mol. The van der Waals surface area contributed by atoms with Crippen LogP contribution in [0.3, 0.4) is 0 Å². The predicted octanol–water partition coefficient (Wildman–Crippen LogP) is 6.15. The molecule has 1 atom stereocenters. The molecule has 1 aliphatic rings. The third kappa shape index (κ3) is 5.21. The number of nitrogens with one attached hydrogen (secondary N) is 1. The van der Waals surface area contributed by atoms with Crippen LogP contribution in [0, 0.1) is 0 Å². The van der Waals surface area contributed by atoms with Gasteiger partial charge < -0.3 is 10.1 Å². The summed E-state index contributed by atoms with van der Waals surface area (Å²) in [6, 6.07) is 20.7. The maximum Gasteiger partial charge on any atom is 0.417 e. The van der Waals surface area contributed by atoms with E-state index in [2.05, 4.69) is 10.2 Å². The first-order valence-corrected chi connectivity index (χ1v) is 10.4. The number of halogens is 4. The summed E-state index contributed by atoms with van der Waals surface area (Å²) in [7, 11) is 0. The first-order valence-electron chi connectivity index (χ1n) is 10.1. The summed E-state index contributed by atoms with van der Waals surface area (Å²) < 4.78 is 46.5. The fourth-order valence-corrected chi connectivity index (χ4v) is 4.08. The molecule has 4 rings (SSSR count). The summed E-state index contributed by atoms with van der Waals surface area (Å²) >= 11 is 5.87. The van der Waals surface area contributed by atoms with Gasteiger partial charge in [0.05, 0.1) is 16.6 Å². The van der Waals surface area contributed by atoms with Crippen LogP contribution in [0.15, 0.2) is 72.8 Å². The highest BCUT2D eigenvalue weighted by Crippen LogP contribution is 2.39. The SMILES string of the molecule is FC(F)(F)c1cc(C(c2cccc(Oc3ccccc3)c2)N2CCNCC2)ccc1Cl. The zero-order valence-electron chi connectivity index (χ0n) is 16.7. The topological polar surface area (TPSA) is 24.5 Å². The van der Waals surface area contributed by atoms with Crippen LogP contribution in [-0.2, 0) is 6.18 Å². The quantitative estimate of drug-likeness (QED) is 0.509. The minimum Gasteiger partial charge on any atom is -0.457 e. The largest absolute Gasteiger partial charge is 0.457 e. The summed E-state index contributed by atoms with van der Waals surface area (Å²) in [4.78, 5) is 2.18. The Labute approximate surface area is 184 Å². The van der Waals surface area contributed by atoms with Crippen molar-refractivity contribution >= 4 is 11.6 Å². The molecule has 162 valence electrons. The molecule has 1 unspecified atom stereocenters. The van der Waals surface area contributed by atoms with E-state index < -0.39 is 11.7 Å². The van der Waals surface area contributed by atoms with Crippen LogP contribution < -0.4 is 10.1 Å². The molecule has 3 aromatic carbocycles. The molecule has 1 N–H and O–H groups in total. The molecule has 1 aliphatic heterocycles. The van der Waals surface area contributed by atoms with Crippen molar-refractivity contribution < 1.29 is 17.9 Å². The Balaban J connectivity index is 1.74. The Morgan fingerprint density at radius 3 is 2.23 bits per heavy atom. The van der Waals surface area contributed by atoms with Crippen LogP contribution in [-0.4, -0.2) is 31.1 Å². The number of benzene rings is 3. The molecule has 31 heavy (non-hydrogen) atoms. The molecule has 0 aromatic heterocycles. The molecule has 1 fully saturated rings. The molecule has 1 heterocycles. The lowest BCUT2D eigenvalue weighted by molar-refractivity contribution is -0.137. The fraction of sp³-hybridized carbons (Fsp3) is 0.250. The third-order valence-corrected chi connectivity index (χ3v) is 5.61. The highest BCUT2D eigenvalue weighted by atomic mass is 35.5. The van der Waals surface area contributed by atoms with Gasteiger partial charge in [0.1, 0.15) is 11.5 Å². The van der Waals surface area contributed by atoms with Gasteiger partial charge in [0.25, 0.3) is 0 Å². The van der Waals surface area contributed by atoms with E-state index in [4.69, 9.17) is 16.3 Å². The number of ether oxygens (including phenoxy) is 1. The van der Waals surface area contributed by atoms with Crippen LogP contribution >= 0.6 is 11.6 Å². The van der Waals surface area contributed by atoms with Crippen molar-refractivity contribution in [2.75, 3.05) is 26.2 Å². The molecular formula is C24H22ClF3N2O. The number of piperazine rings is 1. The number of para-hydroxylation sites is 1. The van der Waals surface area contributed by atoms with Gasteiger partial charge in [-0.15, -0.1) is 0 Å². The van der Waals surface area contributed by atoms with E-state index in [1.165, 1.54) is 12.1 Å². The summed E-state index contributed by atoms with van der Waals surface area (Å²) in [5.41, 5.74) is 0.602. The Morgan fingerprint density at radius 2 is 1.52 bits per heavy atom. The second-order valence-corrected chi connectivity index (χ2v) is 7.82. The number of nitrogens with zero attached hydrogens (tertiary/aromatic N) is 1. The van der Waals surface area contributed by atoms with E-state index in [1.807, 2.05) is 54.6 Å². The van der Waals surface area contributed by atoms with Crippen LogP contribution in [0.1, 0.15) is 22.7 Å². The van der Waals surface area contributed by atoms with Gasteiger partial charge in [-0.2, -0.15) is 13.2 Å². The molecule has 0 bridgehead atoms. The van der Waals surface area contributed by atoms with Crippen LogP contribution in [0.5, 0.6) is 11.5 Å². The van der Waals surface area contributed by atoms with Gasteiger partial charge in [-0.25, -0.2) is 0 Å². The van der Waals surface area contributed by atoms with Gasteiger partial charge in [-0.05, 0) is 47.5 Å². The molecule has 7 heteroatoms. The van der Waals surface area contributed by atoms with E-state index in [0.717, 1.165) is 31.7 Å². The van der Waals surface area contributed by atoms with Crippen LogP contribution in [0.4, 0.5) is 13.2 Å². The van der Waals surface area contributed by atoms with Gasteiger partial charge in [0, 0.05) is 26.2 Å². The van der Waals surface area contributed by atoms with E-state index in [-0.39, 0.29) is 11.1 Å². The van der Waals surface area contributed by atoms with Gasteiger partial charge >= 0.3 is 6.18 Å². The van der Waals surface area contributed by atoms with E-state index in [0.29, 0.717) is 17.1 Å². The number of alkyl halides is 3. The highest BCUT2D eigenvalue weighted by Gasteiger charge is 2.35. The minimum atomic E-state index is -4.51. The van der Waals surface area contributed by atoms with Gasteiger partial charge in [0.15, 0.2) is 0 Å². The molecule has 3 nitrogen and oxygen atoms in total. The first-order chi connectivity index (χ1) is 14.9. The summed E-state index contributed by atoms with van der Waals surface area (Å²) in [6.45, 7) is 2.99. The zero-order valence-corrected chi connectivity index (χ0v) is 17.5. The molecular weight excluding hydrogens is 425 g/mol. The summed E-state index contributed by atoms with van der Waals surface area (Å²) in [6.07, 6.45) is -4.51. The lowest BCUT2D eigenvalue weighted by Crippen LogP contribution is -2.45. The molecule has 0 radical (unpaired) electrons. The lowest BCUT2D eigenvalue weighted by Gasteiger charge is -2.36. The summed E-state index contributed by atoms with van der Waals surface area (Å²) in [5.74, 6) is 1.33. The molecule has 1 saturated heterocycles. The number of rotatable bonds is 5. The zero-order chi connectivity index (χ0) is 21.8. The lowest BCUT2D eigenvalue weighted by atomic mass is 9.94. The number of hydrogen-bond donors (Lipinski definition) is 1. The smallest absolute Gasteiger partial charge is 0.417 e. The van der Waals surface area contributed by atoms with Crippen molar-refractivity contribution in [3.8, 4) is 11.5 Å². The van der Waals surface area contributed by atoms with E-state index >= 15 is 0 Å². The van der Waals surface area contributed by atoms with Crippen molar-refractivity contribution in [3.63, 3.8) is 0 Å². The fourth-order valence-electron chi connectivity index (χ4n) is 3.86. The maximum absolute atomic E-state index is 13.5.